The second-order valence-corrected chi connectivity index (χ2v) is 5.03. The average Bonchev–Trinajstić information content (AvgIpc) is 2.41. The Morgan fingerprint density at radius 3 is 2.68 bits per heavy atom. The summed E-state index contributed by atoms with van der Waals surface area (Å²) in [5.41, 5.74) is -0.0200. The van der Waals surface area contributed by atoms with Gasteiger partial charge in [0.25, 0.3) is 5.69 Å². The summed E-state index contributed by atoms with van der Waals surface area (Å²) in [6.45, 7) is 3.67. The molecule has 0 atom stereocenters. The van der Waals surface area contributed by atoms with Gasteiger partial charge in [-0.1, -0.05) is 18.0 Å². The zero-order chi connectivity index (χ0) is 13.7. The van der Waals surface area contributed by atoms with Crippen molar-refractivity contribution in [3.8, 4) is 5.75 Å². The maximum Gasteiger partial charge on any atom is 0.271 e. The van der Waals surface area contributed by atoms with Crippen molar-refractivity contribution in [2.75, 3.05) is 26.2 Å². The summed E-state index contributed by atoms with van der Waals surface area (Å²) < 4.78 is 5.58. The van der Waals surface area contributed by atoms with Crippen LogP contribution in [0.2, 0.25) is 5.02 Å². The summed E-state index contributed by atoms with van der Waals surface area (Å²) in [6, 6.07) is 4.27. The molecule has 1 aromatic rings. The molecule has 104 valence electrons. The molecule has 0 aliphatic carbocycles. The van der Waals surface area contributed by atoms with Crippen LogP contribution in [0.3, 0.4) is 0 Å². The van der Waals surface area contributed by atoms with Crippen LogP contribution in [0.4, 0.5) is 5.69 Å². The van der Waals surface area contributed by atoms with Gasteiger partial charge in [0.2, 0.25) is 0 Å². The minimum atomic E-state index is -0.469. The molecule has 1 heterocycles. The van der Waals surface area contributed by atoms with Gasteiger partial charge in [-0.15, -0.1) is 0 Å². The highest BCUT2D eigenvalue weighted by Crippen LogP contribution is 2.28. The molecule has 19 heavy (non-hydrogen) atoms. The lowest BCUT2D eigenvalue weighted by molar-refractivity contribution is -0.384. The van der Waals surface area contributed by atoms with E-state index in [9.17, 15) is 10.1 Å². The fourth-order valence-corrected chi connectivity index (χ4v) is 2.42. The monoisotopic (exact) mass is 284 g/mol. The van der Waals surface area contributed by atoms with E-state index in [2.05, 4.69) is 4.90 Å². The maximum atomic E-state index is 10.6. The molecular weight excluding hydrogens is 268 g/mol. The second kappa shape index (κ2) is 6.73. The normalized spacial score (nSPS) is 16.3. The van der Waals surface area contributed by atoms with E-state index in [0.29, 0.717) is 12.4 Å². The molecule has 2 rings (SSSR count). The number of nitro groups is 1. The van der Waals surface area contributed by atoms with Gasteiger partial charge >= 0.3 is 0 Å². The molecule has 5 nitrogen and oxygen atoms in total. The number of likely N-dealkylation sites (tertiary alicyclic amines) is 1. The topological polar surface area (TPSA) is 55.6 Å². The third-order valence-electron chi connectivity index (χ3n) is 3.24. The van der Waals surface area contributed by atoms with Gasteiger partial charge in [-0.25, -0.2) is 0 Å². The third kappa shape index (κ3) is 4.08. The molecule has 0 amide bonds. The molecule has 6 heteroatoms. The SMILES string of the molecule is O=[N+]([O-])c1ccc(OCCN2CCCCC2)c(Cl)c1. The van der Waals surface area contributed by atoms with Crippen molar-refractivity contribution in [3.05, 3.63) is 33.3 Å². The Balaban J connectivity index is 1.83. The van der Waals surface area contributed by atoms with Gasteiger partial charge in [0, 0.05) is 18.7 Å². The van der Waals surface area contributed by atoms with Crippen molar-refractivity contribution in [1.29, 1.82) is 0 Å². The largest absolute Gasteiger partial charge is 0.491 e. The molecule has 0 unspecified atom stereocenters. The number of halogens is 1. The van der Waals surface area contributed by atoms with Crippen LogP contribution in [0, 0.1) is 10.1 Å². The number of hydrogen-bond acceptors (Lipinski definition) is 4. The van der Waals surface area contributed by atoms with Crippen LogP contribution < -0.4 is 4.74 Å². The van der Waals surface area contributed by atoms with Gasteiger partial charge < -0.3 is 4.74 Å². The summed E-state index contributed by atoms with van der Waals surface area (Å²) in [5, 5.41) is 10.9. The summed E-state index contributed by atoms with van der Waals surface area (Å²) >= 11 is 5.95. The van der Waals surface area contributed by atoms with E-state index < -0.39 is 4.92 Å². The predicted molar refractivity (Wildman–Crippen MR) is 73.9 cm³/mol. The van der Waals surface area contributed by atoms with E-state index in [1.54, 1.807) is 6.07 Å². The van der Waals surface area contributed by atoms with Gasteiger partial charge in [-0.05, 0) is 32.0 Å². The molecule has 0 N–H and O–H groups in total. The van der Waals surface area contributed by atoms with Crippen LogP contribution in [0.15, 0.2) is 18.2 Å². The van der Waals surface area contributed by atoms with Crippen molar-refractivity contribution < 1.29 is 9.66 Å². The molecule has 1 fully saturated rings. The molecule has 0 radical (unpaired) electrons. The number of non-ortho nitro benzene ring substituents is 1. The Labute approximate surface area is 117 Å². The molecular formula is C13H17ClN2O3. The standard InChI is InChI=1S/C13H17ClN2O3/c14-12-10-11(16(17)18)4-5-13(12)19-9-8-15-6-2-1-3-7-15/h4-5,10H,1-3,6-9H2. The van der Waals surface area contributed by atoms with Crippen LogP contribution in [0.1, 0.15) is 19.3 Å². The van der Waals surface area contributed by atoms with Crippen LogP contribution in [0.25, 0.3) is 0 Å². The van der Waals surface area contributed by atoms with Crippen molar-refractivity contribution >= 4 is 17.3 Å². The van der Waals surface area contributed by atoms with Gasteiger partial charge in [-0.2, -0.15) is 0 Å². The Morgan fingerprint density at radius 1 is 1.32 bits per heavy atom. The van der Waals surface area contributed by atoms with E-state index in [1.807, 2.05) is 0 Å². The summed E-state index contributed by atoms with van der Waals surface area (Å²) in [7, 11) is 0. The number of hydrogen-bond donors (Lipinski definition) is 0. The van der Waals surface area contributed by atoms with Gasteiger partial charge in [0.05, 0.1) is 9.95 Å². The maximum absolute atomic E-state index is 10.6. The Morgan fingerprint density at radius 2 is 2.05 bits per heavy atom. The average molecular weight is 285 g/mol. The van der Waals surface area contributed by atoms with Crippen LogP contribution in [-0.4, -0.2) is 36.1 Å². The Hall–Kier alpha value is -1.33. The highest BCUT2D eigenvalue weighted by Gasteiger charge is 2.12. The number of nitrogens with zero attached hydrogens (tertiary/aromatic N) is 2. The Kier molecular flexibility index (Phi) is 4.99. The molecule has 0 spiro atoms. The molecule has 0 saturated carbocycles. The lowest BCUT2D eigenvalue weighted by Crippen LogP contribution is -2.33. The fraction of sp³-hybridized carbons (Fsp3) is 0.538. The summed E-state index contributed by atoms with van der Waals surface area (Å²) in [6.07, 6.45) is 3.81. The summed E-state index contributed by atoms with van der Waals surface area (Å²) in [4.78, 5) is 12.5. The number of rotatable bonds is 5. The predicted octanol–water partition coefficient (Wildman–Crippen LogP) is 3.11. The minimum Gasteiger partial charge on any atom is -0.491 e. The fourth-order valence-electron chi connectivity index (χ4n) is 2.19. The molecule has 1 aliphatic rings. The first kappa shape index (κ1) is 14.1. The van der Waals surface area contributed by atoms with E-state index >= 15 is 0 Å². The number of benzene rings is 1. The van der Waals surface area contributed by atoms with Crippen LogP contribution in [0.5, 0.6) is 5.75 Å². The van der Waals surface area contributed by atoms with Crippen LogP contribution in [-0.2, 0) is 0 Å². The lowest BCUT2D eigenvalue weighted by atomic mass is 10.1. The van der Waals surface area contributed by atoms with Gasteiger partial charge in [-0.3, -0.25) is 15.0 Å². The minimum absolute atomic E-state index is 0.0200. The zero-order valence-electron chi connectivity index (χ0n) is 10.7. The van der Waals surface area contributed by atoms with E-state index in [1.165, 1.54) is 31.4 Å². The molecule has 1 aromatic carbocycles. The second-order valence-electron chi connectivity index (χ2n) is 4.62. The molecule has 0 aromatic heterocycles. The van der Waals surface area contributed by atoms with E-state index in [0.717, 1.165) is 19.6 Å². The highest BCUT2D eigenvalue weighted by atomic mass is 35.5. The number of piperidine rings is 1. The Bertz CT molecular complexity index is 448. The van der Waals surface area contributed by atoms with Crippen molar-refractivity contribution in [1.82, 2.24) is 4.90 Å². The van der Waals surface area contributed by atoms with Crippen molar-refractivity contribution in [3.63, 3.8) is 0 Å². The first-order valence-electron chi connectivity index (χ1n) is 6.46. The van der Waals surface area contributed by atoms with Crippen molar-refractivity contribution in [2.45, 2.75) is 19.3 Å². The molecule has 1 saturated heterocycles. The van der Waals surface area contributed by atoms with Crippen molar-refractivity contribution in [2.24, 2.45) is 0 Å². The molecule has 1 aliphatic heterocycles. The lowest BCUT2D eigenvalue weighted by Gasteiger charge is -2.26. The first-order chi connectivity index (χ1) is 9.16. The van der Waals surface area contributed by atoms with E-state index in [-0.39, 0.29) is 10.7 Å². The quantitative estimate of drug-likeness (QED) is 0.616. The first-order valence-corrected chi connectivity index (χ1v) is 6.84. The third-order valence-corrected chi connectivity index (χ3v) is 3.54. The smallest absolute Gasteiger partial charge is 0.271 e. The summed E-state index contributed by atoms with van der Waals surface area (Å²) in [5.74, 6) is 0.504. The molecule has 0 bridgehead atoms. The van der Waals surface area contributed by atoms with Gasteiger partial charge in [0.15, 0.2) is 0 Å². The highest BCUT2D eigenvalue weighted by molar-refractivity contribution is 6.32. The van der Waals surface area contributed by atoms with E-state index in [4.69, 9.17) is 16.3 Å². The van der Waals surface area contributed by atoms with Crippen LogP contribution >= 0.6 is 11.6 Å². The zero-order valence-corrected chi connectivity index (χ0v) is 11.4. The number of ether oxygens (including phenoxy) is 1. The van der Waals surface area contributed by atoms with Gasteiger partial charge in [0.1, 0.15) is 12.4 Å². The number of nitro benzene ring substituents is 1.